The predicted octanol–water partition coefficient (Wildman–Crippen LogP) is 4.16. The smallest absolute Gasteiger partial charge is 0.241 e. The van der Waals surface area contributed by atoms with Gasteiger partial charge in [-0.05, 0) is 56.4 Å². The molecule has 0 bridgehead atoms. The molecule has 0 aliphatic heterocycles. The molecular weight excluding hydrogens is 350 g/mol. The molecular formula is C23H25N3O2. The quantitative estimate of drug-likeness (QED) is 0.519. The summed E-state index contributed by atoms with van der Waals surface area (Å²) in [5.74, 6) is 0.0736. The van der Waals surface area contributed by atoms with E-state index in [0.29, 0.717) is 18.7 Å². The number of nitrogens with one attached hydrogen (secondary N) is 1. The van der Waals surface area contributed by atoms with Crippen LogP contribution in [0.1, 0.15) is 43.0 Å². The number of carbonyl (C=O) groups excluding carboxylic acids is 1. The van der Waals surface area contributed by atoms with Crippen LogP contribution in [0.5, 0.6) is 5.75 Å². The second-order valence-corrected chi connectivity index (χ2v) is 7.33. The number of para-hydroxylation sites is 1. The summed E-state index contributed by atoms with van der Waals surface area (Å²) in [6.45, 7) is 2.47. The van der Waals surface area contributed by atoms with E-state index in [2.05, 4.69) is 39.4 Å². The molecule has 0 spiro atoms. The molecule has 4 rings (SSSR count). The summed E-state index contributed by atoms with van der Waals surface area (Å²) in [6, 6.07) is 15.3. The van der Waals surface area contributed by atoms with Crippen molar-refractivity contribution in [2.75, 3.05) is 0 Å². The van der Waals surface area contributed by atoms with E-state index in [1.165, 1.54) is 35.0 Å². The third-order valence-electron chi connectivity index (χ3n) is 5.46. The molecule has 0 radical (unpaired) electrons. The van der Waals surface area contributed by atoms with Crippen molar-refractivity contribution in [3.05, 3.63) is 65.4 Å². The number of hydrazone groups is 1. The fraction of sp³-hybridized carbons (Fsp3) is 0.304. The Balaban J connectivity index is 1.46. The minimum Gasteiger partial charge on any atom is -0.508 e. The van der Waals surface area contributed by atoms with Crippen molar-refractivity contribution in [1.29, 1.82) is 0 Å². The fourth-order valence-electron chi connectivity index (χ4n) is 4.05. The van der Waals surface area contributed by atoms with Gasteiger partial charge >= 0.3 is 0 Å². The Bertz CT molecular complexity index is 1050. The molecule has 1 amide bonds. The van der Waals surface area contributed by atoms with Gasteiger partial charge in [0, 0.05) is 35.1 Å². The van der Waals surface area contributed by atoms with Crippen LogP contribution in [-0.2, 0) is 24.2 Å². The number of amides is 1. The molecule has 1 aliphatic rings. The first-order chi connectivity index (χ1) is 13.6. The number of hydrogen-bond acceptors (Lipinski definition) is 3. The lowest BCUT2D eigenvalue weighted by atomic mass is 9.95. The van der Waals surface area contributed by atoms with Gasteiger partial charge in [-0.1, -0.05) is 30.3 Å². The van der Waals surface area contributed by atoms with Crippen LogP contribution in [0, 0.1) is 0 Å². The Morgan fingerprint density at radius 1 is 1.14 bits per heavy atom. The molecule has 0 saturated carbocycles. The van der Waals surface area contributed by atoms with E-state index in [4.69, 9.17) is 0 Å². The van der Waals surface area contributed by atoms with Crippen LogP contribution in [0.25, 0.3) is 10.9 Å². The number of fused-ring (bicyclic) bond motifs is 3. The van der Waals surface area contributed by atoms with Crippen LogP contribution >= 0.6 is 0 Å². The Hall–Kier alpha value is -3.08. The van der Waals surface area contributed by atoms with Gasteiger partial charge in [-0.2, -0.15) is 5.10 Å². The molecule has 144 valence electrons. The average Bonchev–Trinajstić information content (AvgIpc) is 3.04. The first-order valence-electron chi connectivity index (χ1n) is 9.85. The van der Waals surface area contributed by atoms with Crippen molar-refractivity contribution in [2.24, 2.45) is 5.10 Å². The summed E-state index contributed by atoms with van der Waals surface area (Å²) < 4.78 is 2.31. The van der Waals surface area contributed by atoms with Gasteiger partial charge in [-0.25, -0.2) is 5.43 Å². The zero-order chi connectivity index (χ0) is 19.5. The molecule has 0 fully saturated rings. The number of hydrogen-bond donors (Lipinski definition) is 2. The lowest BCUT2D eigenvalue weighted by Gasteiger charge is -2.15. The van der Waals surface area contributed by atoms with Gasteiger partial charge in [0.05, 0.1) is 5.71 Å². The van der Waals surface area contributed by atoms with E-state index in [-0.39, 0.29) is 11.7 Å². The van der Waals surface area contributed by atoms with Crippen LogP contribution < -0.4 is 5.43 Å². The number of aryl methyl sites for hydroxylation is 2. The van der Waals surface area contributed by atoms with E-state index in [1.807, 2.05) is 13.0 Å². The molecule has 0 saturated heterocycles. The Morgan fingerprint density at radius 2 is 1.96 bits per heavy atom. The first-order valence-corrected chi connectivity index (χ1v) is 9.85. The zero-order valence-electron chi connectivity index (χ0n) is 16.1. The van der Waals surface area contributed by atoms with Gasteiger partial charge < -0.3 is 9.67 Å². The van der Waals surface area contributed by atoms with Crippen molar-refractivity contribution in [3.63, 3.8) is 0 Å². The minimum absolute atomic E-state index is 0.109. The normalized spacial score (nSPS) is 14.1. The number of aromatic hydroxyl groups is 1. The highest BCUT2D eigenvalue weighted by Crippen LogP contribution is 2.32. The summed E-state index contributed by atoms with van der Waals surface area (Å²) in [5.41, 5.74) is 8.16. The molecule has 1 heterocycles. The molecule has 1 aromatic heterocycles. The van der Waals surface area contributed by atoms with Gasteiger partial charge in [-0.3, -0.25) is 4.79 Å². The Morgan fingerprint density at radius 3 is 2.82 bits per heavy atom. The number of carbonyl (C=O) groups is 1. The van der Waals surface area contributed by atoms with Crippen LogP contribution in [0.4, 0.5) is 0 Å². The summed E-state index contributed by atoms with van der Waals surface area (Å²) in [6.07, 6.45) is 5.04. The summed E-state index contributed by atoms with van der Waals surface area (Å²) >= 11 is 0. The number of phenolic OH excluding ortho intramolecular Hbond substituents is 1. The number of rotatable bonds is 5. The second kappa shape index (κ2) is 7.89. The maximum absolute atomic E-state index is 12.4. The highest BCUT2D eigenvalue weighted by atomic mass is 16.3. The van der Waals surface area contributed by atoms with Crippen LogP contribution in [0.2, 0.25) is 0 Å². The summed E-state index contributed by atoms with van der Waals surface area (Å²) in [4.78, 5) is 12.4. The van der Waals surface area contributed by atoms with Gasteiger partial charge in [0.2, 0.25) is 5.91 Å². The maximum atomic E-state index is 12.4. The van der Waals surface area contributed by atoms with Crippen molar-refractivity contribution in [2.45, 2.75) is 45.6 Å². The van der Waals surface area contributed by atoms with E-state index in [1.54, 1.807) is 18.2 Å². The topological polar surface area (TPSA) is 66.6 Å². The highest BCUT2D eigenvalue weighted by molar-refractivity contribution is 5.99. The van der Waals surface area contributed by atoms with Gasteiger partial charge in [0.25, 0.3) is 0 Å². The lowest BCUT2D eigenvalue weighted by molar-refractivity contribution is -0.121. The standard InChI is InChI=1S/C23H25N3O2/c1-16(17-7-6-8-18(27)15-17)24-25-23(28)13-14-26-21-11-4-2-9-19(21)20-10-3-5-12-22(20)26/h2,4,6-9,11,15,27H,3,5,10,12-14H2,1H3,(H,25,28). The second-order valence-electron chi connectivity index (χ2n) is 7.33. The van der Waals surface area contributed by atoms with Crippen LogP contribution in [0.15, 0.2) is 53.6 Å². The largest absolute Gasteiger partial charge is 0.508 e. The van der Waals surface area contributed by atoms with Crippen molar-refractivity contribution < 1.29 is 9.90 Å². The highest BCUT2D eigenvalue weighted by Gasteiger charge is 2.19. The van der Waals surface area contributed by atoms with Crippen molar-refractivity contribution in [1.82, 2.24) is 9.99 Å². The predicted molar refractivity (Wildman–Crippen MR) is 112 cm³/mol. The SMILES string of the molecule is CC(=NNC(=O)CCn1c2c(c3ccccc31)CCCC2)c1cccc(O)c1. The molecule has 0 unspecified atom stereocenters. The zero-order valence-corrected chi connectivity index (χ0v) is 16.1. The lowest BCUT2D eigenvalue weighted by Crippen LogP contribution is -2.21. The van der Waals surface area contributed by atoms with E-state index in [0.717, 1.165) is 18.4 Å². The first kappa shape index (κ1) is 18.3. The summed E-state index contributed by atoms with van der Waals surface area (Å²) in [5, 5.41) is 15.1. The Labute approximate surface area is 164 Å². The molecule has 2 aromatic carbocycles. The Kier molecular flexibility index (Phi) is 5.15. The molecule has 0 atom stereocenters. The molecule has 28 heavy (non-hydrogen) atoms. The maximum Gasteiger partial charge on any atom is 0.241 e. The minimum atomic E-state index is -0.109. The van der Waals surface area contributed by atoms with Crippen molar-refractivity contribution in [3.8, 4) is 5.75 Å². The molecule has 3 aromatic rings. The monoisotopic (exact) mass is 375 g/mol. The third kappa shape index (κ3) is 3.65. The molecule has 2 N–H and O–H groups in total. The van der Waals surface area contributed by atoms with E-state index >= 15 is 0 Å². The molecule has 5 nitrogen and oxygen atoms in total. The number of aromatic nitrogens is 1. The summed E-state index contributed by atoms with van der Waals surface area (Å²) in [7, 11) is 0. The van der Waals surface area contributed by atoms with E-state index < -0.39 is 0 Å². The number of phenols is 1. The van der Waals surface area contributed by atoms with Gasteiger partial charge in [0.1, 0.15) is 5.75 Å². The number of benzene rings is 2. The molecule has 1 aliphatic carbocycles. The number of nitrogens with zero attached hydrogens (tertiary/aromatic N) is 2. The molecule has 5 heteroatoms. The average molecular weight is 375 g/mol. The van der Waals surface area contributed by atoms with Crippen LogP contribution in [-0.4, -0.2) is 21.3 Å². The fourth-order valence-corrected chi connectivity index (χ4v) is 4.05. The van der Waals surface area contributed by atoms with Gasteiger partial charge in [-0.15, -0.1) is 0 Å². The third-order valence-corrected chi connectivity index (χ3v) is 5.46. The van der Waals surface area contributed by atoms with Gasteiger partial charge in [0.15, 0.2) is 0 Å². The van der Waals surface area contributed by atoms with Crippen LogP contribution in [0.3, 0.4) is 0 Å². The van der Waals surface area contributed by atoms with E-state index in [9.17, 15) is 9.90 Å². The van der Waals surface area contributed by atoms with Crippen molar-refractivity contribution >= 4 is 22.5 Å².